The third kappa shape index (κ3) is 4.59. The van der Waals surface area contributed by atoms with E-state index in [-0.39, 0.29) is 0 Å². The molecule has 0 heterocycles. The SMILES string of the molecule is CCC[C](=O)[PbH]. The third-order valence-electron chi connectivity index (χ3n) is 0.496. The van der Waals surface area contributed by atoms with Gasteiger partial charge in [0.25, 0.3) is 0 Å². The van der Waals surface area contributed by atoms with E-state index in [9.17, 15) is 4.79 Å². The van der Waals surface area contributed by atoms with Crippen molar-refractivity contribution in [1.82, 2.24) is 0 Å². The molecule has 0 unspecified atom stereocenters. The van der Waals surface area contributed by atoms with Crippen LogP contribution in [-0.4, -0.2) is 29.1 Å². The molecule has 0 bridgehead atoms. The fourth-order valence-electron chi connectivity index (χ4n) is 0.246. The fourth-order valence-corrected chi connectivity index (χ4v) is 1.37. The normalized spacial score (nSPS) is 8.33. The molecule has 0 aliphatic heterocycles. The fraction of sp³-hybridized carbons (Fsp3) is 0.750. The van der Waals surface area contributed by atoms with Crippen LogP contribution in [0.2, 0.25) is 0 Å². The van der Waals surface area contributed by atoms with E-state index in [2.05, 4.69) is 0 Å². The quantitative estimate of drug-likeness (QED) is 0.661. The van der Waals surface area contributed by atoms with Gasteiger partial charge in [-0.1, -0.05) is 0 Å². The molecular formula is C4H8OPb. The van der Waals surface area contributed by atoms with E-state index in [0.29, 0.717) is 29.1 Å². The molecule has 0 aliphatic carbocycles. The predicted molar refractivity (Wildman–Crippen MR) is 27.1 cm³/mol. The van der Waals surface area contributed by atoms with Gasteiger partial charge in [-0.2, -0.15) is 0 Å². The van der Waals surface area contributed by atoms with E-state index in [1.54, 1.807) is 0 Å². The second-order valence-electron chi connectivity index (χ2n) is 1.22. The summed E-state index contributed by atoms with van der Waals surface area (Å²) >= 11 is 0.565. The molecule has 0 saturated heterocycles. The maximum atomic E-state index is 10.1. The molecule has 0 aromatic rings. The average Bonchev–Trinajstić information content (AvgIpc) is 1.35. The Morgan fingerprint density at radius 3 is 2.33 bits per heavy atom. The van der Waals surface area contributed by atoms with Gasteiger partial charge in [-0.3, -0.25) is 0 Å². The summed E-state index contributed by atoms with van der Waals surface area (Å²) in [6.45, 7) is 2.03. The Hall–Kier alpha value is 0.592. The predicted octanol–water partition coefficient (Wildman–Crippen LogP) is 0.214. The van der Waals surface area contributed by atoms with Crippen molar-refractivity contribution in [1.29, 1.82) is 0 Å². The van der Waals surface area contributed by atoms with Crippen molar-refractivity contribution >= 4 is 29.1 Å². The van der Waals surface area contributed by atoms with Crippen LogP contribution in [0, 0.1) is 0 Å². The number of hydrogen-bond acceptors (Lipinski definition) is 1. The van der Waals surface area contributed by atoms with E-state index in [1.807, 2.05) is 6.92 Å². The van der Waals surface area contributed by atoms with Crippen molar-refractivity contribution in [3.8, 4) is 0 Å². The van der Waals surface area contributed by atoms with Crippen LogP contribution in [0.5, 0.6) is 0 Å². The van der Waals surface area contributed by atoms with Crippen LogP contribution in [0.3, 0.4) is 0 Å². The summed E-state index contributed by atoms with van der Waals surface area (Å²) < 4.78 is 0.456. The number of carbonyl (C=O) groups is 1. The minimum absolute atomic E-state index is 0.456. The van der Waals surface area contributed by atoms with E-state index in [4.69, 9.17) is 0 Å². The molecule has 0 N–H and O–H groups in total. The van der Waals surface area contributed by atoms with Crippen LogP contribution in [0.25, 0.3) is 0 Å². The number of rotatable bonds is 2. The first kappa shape index (κ1) is 6.59. The van der Waals surface area contributed by atoms with E-state index in [1.165, 1.54) is 0 Å². The van der Waals surface area contributed by atoms with Gasteiger partial charge in [0.15, 0.2) is 0 Å². The Balaban J connectivity index is 2.83. The summed E-state index contributed by atoms with van der Waals surface area (Å²) in [5.74, 6) is 0. The number of carbonyl (C=O) groups excluding carboxylic acids is 1. The van der Waals surface area contributed by atoms with E-state index >= 15 is 0 Å². The molecule has 1 nitrogen and oxygen atoms in total. The second kappa shape index (κ2) is 3.77. The maximum absolute atomic E-state index is 10.1. The van der Waals surface area contributed by atoms with Gasteiger partial charge in [0, 0.05) is 0 Å². The van der Waals surface area contributed by atoms with Gasteiger partial charge in [-0.15, -0.1) is 0 Å². The zero-order valence-corrected chi connectivity index (χ0v) is 8.39. The Morgan fingerprint density at radius 2 is 2.33 bits per heavy atom. The van der Waals surface area contributed by atoms with Crippen molar-refractivity contribution in [2.24, 2.45) is 0 Å². The van der Waals surface area contributed by atoms with Crippen molar-refractivity contribution in [2.75, 3.05) is 0 Å². The summed E-state index contributed by atoms with van der Waals surface area (Å²) in [6, 6.07) is 0. The summed E-state index contributed by atoms with van der Waals surface area (Å²) in [5.41, 5.74) is 0. The molecule has 34 valence electrons. The van der Waals surface area contributed by atoms with E-state index < -0.39 is 0 Å². The molecule has 0 atom stereocenters. The molecular weight excluding hydrogens is 271 g/mol. The van der Waals surface area contributed by atoms with Crippen molar-refractivity contribution in [3.05, 3.63) is 0 Å². The summed E-state index contributed by atoms with van der Waals surface area (Å²) in [5, 5.41) is 0. The van der Waals surface area contributed by atoms with Gasteiger partial charge in [-0.05, 0) is 0 Å². The molecule has 2 radical (unpaired) electrons. The van der Waals surface area contributed by atoms with Crippen LogP contribution < -0.4 is 0 Å². The molecule has 6 heavy (non-hydrogen) atoms. The Labute approximate surface area is 53.8 Å². The van der Waals surface area contributed by atoms with Crippen molar-refractivity contribution in [2.45, 2.75) is 19.8 Å². The molecule has 2 heteroatoms. The first-order valence-corrected chi connectivity index (χ1v) is 4.30. The van der Waals surface area contributed by atoms with Crippen molar-refractivity contribution in [3.63, 3.8) is 0 Å². The standard InChI is InChI=1S/C4H7O.Pb.H/c1-2-3-4-5;;/h2-3H2,1H3;;. The van der Waals surface area contributed by atoms with Crippen LogP contribution >= 0.6 is 0 Å². The summed E-state index contributed by atoms with van der Waals surface area (Å²) in [7, 11) is 0. The second-order valence-corrected chi connectivity index (χ2v) is 3.72. The minimum atomic E-state index is 0.456. The first-order chi connectivity index (χ1) is 2.77. The Morgan fingerprint density at radius 1 is 1.83 bits per heavy atom. The molecule has 0 fully saturated rings. The molecule has 0 saturated carbocycles. The van der Waals surface area contributed by atoms with Crippen molar-refractivity contribution < 1.29 is 4.79 Å². The summed E-state index contributed by atoms with van der Waals surface area (Å²) in [6.07, 6.45) is 1.83. The average molecular weight is 279 g/mol. The van der Waals surface area contributed by atoms with Gasteiger partial charge in [-0.25, -0.2) is 0 Å². The monoisotopic (exact) mass is 280 g/mol. The topological polar surface area (TPSA) is 17.1 Å². The zero-order chi connectivity index (χ0) is 4.99. The third-order valence-corrected chi connectivity index (χ3v) is 1.62. The van der Waals surface area contributed by atoms with Gasteiger partial charge in [0.2, 0.25) is 0 Å². The number of hydrogen-bond donors (Lipinski definition) is 0. The van der Waals surface area contributed by atoms with Gasteiger partial charge < -0.3 is 0 Å². The van der Waals surface area contributed by atoms with Crippen LogP contribution in [-0.2, 0) is 4.79 Å². The molecule has 0 aromatic heterocycles. The van der Waals surface area contributed by atoms with Crippen LogP contribution in [0.15, 0.2) is 0 Å². The molecule has 0 aliphatic rings. The molecule has 0 amide bonds. The summed E-state index contributed by atoms with van der Waals surface area (Å²) in [4.78, 5) is 10.1. The Bertz CT molecular complexity index is 51.5. The van der Waals surface area contributed by atoms with Crippen LogP contribution in [0.1, 0.15) is 19.8 Å². The first-order valence-electron chi connectivity index (χ1n) is 2.05. The molecule has 0 aromatic carbocycles. The van der Waals surface area contributed by atoms with Gasteiger partial charge >= 0.3 is 53.7 Å². The molecule has 0 spiro atoms. The van der Waals surface area contributed by atoms with Gasteiger partial charge in [0.05, 0.1) is 0 Å². The van der Waals surface area contributed by atoms with Gasteiger partial charge in [0.1, 0.15) is 0 Å². The van der Waals surface area contributed by atoms with E-state index in [0.717, 1.165) is 12.8 Å². The Kier molecular flexibility index (Phi) is 4.14. The zero-order valence-electron chi connectivity index (χ0n) is 3.90. The van der Waals surface area contributed by atoms with Crippen LogP contribution in [0.4, 0.5) is 0 Å². The molecule has 0 rings (SSSR count).